The van der Waals surface area contributed by atoms with Crippen molar-refractivity contribution in [1.29, 1.82) is 0 Å². The second-order valence-electron chi connectivity index (χ2n) is 1.15. The van der Waals surface area contributed by atoms with Crippen molar-refractivity contribution in [3.8, 4) is 0 Å². The van der Waals surface area contributed by atoms with Crippen LogP contribution in [-0.4, -0.2) is 5.38 Å². The van der Waals surface area contributed by atoms with Crippen molar-refractivity contribution < 1.29 is 0 Å². The first-order valence-electron chi connectivity index (χ1n) is 1.80. The molecule has 0 aliphatic carbocycles. The van der Waals surface area contributed by atoms with Crippen LogP contribution in [0.2, 0.25) is 0 Å². The lowest BCUT2D eigenvalue weighted by Gasteiger charge is -1.97. The smallest absolute Gasteiger partial charge is 0.115 e. The standard InChI is InChI=1S/C4H3Cl2S/c5-3-1-2-7-4(3)6/h1-3H. The first-order chi connectivity index (χ1) is 3.30. The van der Waals surface area contributed by atoms with E-state index in [0.29, 0.717) is 0 Å². The highest BCUT2D eigenvalue weighted by molar-refractivity contribution is 8.06. The highest BCUT2D eigenvalue weighted by atomic mass is 35.5. The molecule has 0 aromatic carbocycles. The first kappa shape index (κ1) is 5.80. The van der Waals surface area contributed by atoms with Gasteiger partial charge >= 0.3 is 0 Å². The van der Waals surface area contributed by atoms with E-state index in [4.69, 9.17) is 23.2 Å². The lowest BCUT2D eigenvalue weighted by Crippen LogP contribution is -1.90. The maximum atomic E-state index is 5.59. The van der Waals surface area contributed by atoms with E-state index in [1.54, 1.807) is 0 Å². The molecule has 1 unspecified atom stereocenters. The summed E-state index contributed by atoms with van der Waals surface area (Å²) in [6, 6.07) is 0. The van der Waals surface area contributed by atoms with Gasteiger partial charge in [0.1, 0.15) is 4.71 Å². The van der Waals surface area contributed by atoms with Gasteiger partial charge < -0.3 is 0 Å². The van der Waals surface area contributed by atoms with Gasteiger partial charge in [-0.2, -0.15) is 0 Å². The molecule has 0 N–H and O–H groups in total. The minimum Gasteiger partial charge on any atom is -0.115 e. The lowest BCUT2D eigenvalue weighted by molar-refractivity contribution is 1.35. The average molecular weight is 154 g/mol. The van der Waals surface area contributed by atoms with E-state index in [0.717, 1.165) is 4.71 Å². The van der Waals surface area contributed by atoms with Crippen LogP contribution in [0, 0.1) is 4.71 Å². The zero-order valence-electron chi connectivity index (χ0n) is 3.40. The lowest BCUT2D eigenvalue weighted by atomic mass is 10.5. The Balaban J connectivity index is 2.45. The summed E-state index contributed by atoms with van der Waals surface area (Å²) in [4.78, 5) is 0. The third-order valence-electron chi connectivity index (χ3n) is 0.645. The van der Waals surface area contributed by atoms with E-state index in [-0.39, 0.29) is 5.38 Å². The molecule has 0 saturated heterocycles. The van der Waals surface area contributed by atoms with Gasteiger partial charge in [0.15, 0.2) is 0 Å². The van der Waals surface area contributed by atoms with Gasteiger partial charge in [-0.05, 0) is 5.41 Å². The molecule has 1 atom stereocenters. The normalized spacial score (nSPS) is 32.0. The quantitative estimate of drug-likeness (QED) is 0.483. The van der Waals surface area contributed by atoms with Crippen LogP contribution in [0.15, 0.2) is 11.5 Å². The predicted octanol–water partition coefficient (Wildman–Crippen LogP) is 2.58. The van der Waals surface area contributed by atoms with Crippen LogP contribution in [0.3, 0.4) is 0 Å². The number of rotatable bonds is 0. The Kier molecular flexibility index (Phi) is 1.90. The Morgan fingerprint density at radius 2 is 2.43 bits per heavy atom. The second kappa shape index (κ2) is 2.29. The molecule has 39 valence electrons. The number of alkyl halides is 1. The second-order valence-corrected chi connectivity index (χ2v) is 3.20. The summed E-state index contributed by atoms with van der Waals surface area (Å²) >= 11 is 12.6. The van der Waals surface area contributed by atoms with E-state index in [2.05, 4.69) is 0 Å². The van der Waals surface area contributed by atoms with Crippen molar-refractivity contribution in [3.63, 3.8) is 0 Å². The number of hydrogen-bond acceptors (Lipinski definition) is 1. The molecular weight excluding hydrogens is 151 g/mol. The van der Waals surface area contributed by atoms with Crippen molar-refractivity contribution in [2.75, 3.05) is 0 Å². The minimum absolute atomic E-state index is 0.0494. The van der Waals surface area contributed by atoms with Gasteiger partial charge in [0.05, 0.1) is 5.38 Å². The monoisotopic (exact) mass is 153 g/mol. The topological polar surface area (TPSA) is 0 Å². The van der Waals surface area contributed by atoms with Gasteiger partial charge in [-0.1, -0.05) is 6.08 Å². The fraction of sp³-hybridized carbons (Fsp3) is 0.250. The van der Waals surface area contributed by atoms with Gasteiger partial charge in [0, 0.05) is 0 Å². The van der Waals surface area contributed by atoms with E-state index >= 15 is 0 Å². The third kappa shape index (κ3) is 1.28. The molecule has 1 heterocycles. The summed E-state index contributed by atoms with van der Waals surface area (Å²) in [5.74, 6) is 0. The van der Waals surface area contributed by atoms with Crippen LogP contribution < -0.4 is 0 Å². The number of allylic oxidation sites excluding steroid dienone is 1. The van der Waals surface area contributed by atoms with E-state index in [9.17, 15) is 0 Å². The number of halogens is 2. The molecule has 1 aliphatic rings. The van der Waals surface area contributed by atoms with Gasteiger partial charge in [0.25, 0.3) is 0 Å². The molecule has 0 fully saturated rings. The Bertz CT molecular complexity index is 91.7. The molecule has 7 heavy (non-hydrogen) atoms. The summed E-state index contributed by atoms with van der Waals surface area (Å²) in [6.07, 6.45) is 1.86. The minimum atomic E-state index is -0.0494. The Hall–Kier alpha value is 0.670. The zero-order chi connectivity index (χ0) is 5.28. The van der Waals surface area contributed by atoms with E-state index < -0.39 is 0 Å². The molecule has 0 nitrogen and oxygen atoms in total. The summed E-state index contributed by atoms with van der Waals surface area (Å²) in [5.41, 5.74) is 0. The number of thioether (sulfide) groups is 1. The molecule has 0 saturated carbocycles. The molecule has 0 aromatic rings. The van der Waals surface area contributed by atoms with Crippen molar-refractivity contribution in [1.82, 2.24) is 0 Å². The fourth-order valence-electron chi connectivity index (χ4n) is 0.314. The Morgan fingerprint density at radius 1 is 1.71 bits per heavy atom. The molecule has 0 bridgehead atoms. The summed E-state index contributed by atoms with van der Waals surface area (Å²) in [6.45, 7) is 0. The molecule has 0 amide bonds. The highest BCUT2D eigenvalue weighted by Gasteiger charge is 2.18. The molecule has 1 rings (SSSR count). The van der Waals surface area contributed by atoms with Crippen LogP contribution in [0.25, 0.3) is 0 Å². The fourth-order valence-corrected chi connectivity index (χ4v) is 1.43. The van der Waals surface area contributed by atoms with Crippen molar-refractivity contribution >= 4 is 35.0 Å². The Morgan fingerprint density at radius 3 is 2.57 bits per heavy atom. The van der Waals surface area contributed by atoms with Crippen LogP contribution in [0.4, 0.5) is 0 Å². The van der Waals surface area contributed by atoms with Gasteiger partial charge in [0.2, 0.25) is 0 Å². The SMILES string of the molecule is Cl[C]1SC=CC1Cl. The molecular formula is C4H3Cl2S. The van der Waals surface area contributed by atoms with Crippen LogP contribution in [-0.2, 0) is 0 Å². The first-order valence-corrected chi connectivity index (χ1v) is 3.50. The summed E-state index contributed by atoms with van der Waals surface area (Å²) < 4.78 is 0.752. The van der Waals surface area contributed by atoms with E-state index in [1.807, 2.05) is 11.5 Å². The Labute approximate surface area is 56.9 Å². The maximum Gasteiger partial charge on any atom is 0.144 e. The van der Waals surface area contributed by atoms with Crippen molar-refractivity contribution in [2.45, 2.75) is 5.38 Å². The third-order valence-corrected chi connectivity index (χ3v) is 2.52. The van der Waals surface area contributed by atoms with Crippen molar-refractivity contribution in [2.24, 2.45) is 0 Å². The van der Waals surface area contributed by atoms with Gasteiger partial charge in [-0.25, -0.2) is 0 Å². The van der Waals surface area contributed by atoms with Crippen LogP contribution in [0.1, 0.15) is 0 Å². The summed E-state index contributed by atoms with van der Waals surface area (Å²) in [7, 11) is 0. The molecule has 1 radical (unpaired) electrons. The van der Waals surface area contributed by atoms with Crippen LogP contribution in [0.5, 0.6) is 0 Å². The summed E-state index contributed by atoms with van der Waals surface area (Å²) in [5, 5.41) is 1.84. The van der Waals surface area contributed by atoms with Crippen molar-refractivity contribution in [3.05, 3.63) is 16.2 Å². The molecule has 0 spiro atoms. The molecule has 3 heteroatoms. The highest BCUT2D eigenvalue weighted by Crippen LogP contribution is 2.38. The van der Waals surface area contributed by atoms with E-state index in [1.165, 1.54) is 11.8 Å². The van der Waals surface area contributed by atoms with Crippen LogP contribution >= 0.6 is 35.0 Å². The molecule has 0 aromatic heterocycles. The van der Waals surface area contributed by atoms with Gasteiger partial charge in [-0.15, -0.1) is 35.0 Å². The number of hydrogen-bond donors (Lipinski definition) is 0. The van der Waals surface area contributed by atoms with Gasteiger partial charge in [-0.3, -0.25) is 0 Å². The molecule has 1 aliphatic heterocycles. The predicted molar refractivity (Wildman–Crippen MR) is 35.5 cm³/mol. The maximum absolute atomic E-state index is 5.59. The largest absolute Gasteiger partial charge is 0.144 e. The zero-order valence-corrected chi connectivity index (χ0v) is 5.72. The average Bonchev–Trinajstić information content (AvgIpc) is 1.91.